The van der Waals surface area contributed by atoms with Gasteiger partial charge in [0.15, 0.2) is 0 Å². The zero-order valence-electron chi connectivity index (χ0n) is 17.0. The number of benzene rings is 2. The summed E-state index contributed by atoms with van der Waals surface area (Å²) in [5.41, 5.74) is 9.36. The summed E-state index contributed by atoms with van der Waals surface area (Å²) in [6, 6.07) is 11.8. The zero-order chi connectivity index (χ0) is 19.0. The van der Waals surface area contributed by atoms with Crippen molar-refractivity contribution < 1.29 is 0 Å². The number of hydrogen-bond donors (Lipinski definition) is 2. The Labute approximate surface area is 162 Å². The van der Waals surface area contributed by atoms with Crippen molar-refractivity contribution in [1.82, 2.24) is 15.3 Å². The molecule has 3 nitrogen and oxygen atoms in total. The molecule has 2 N–H and O–H groups in total. The van der Waals surface area contributed by atoms with Crippen LogP contribution in [0.1, 0.15) is 56.2 Å². The van der Waals surface area contributed by atoms with E-state index < -0.39 is 0 Å². The van der Waals surface area contributed by atoms with Gasteiger partial charge < -0.3 is 10.3 Å². The summed E-state index contributed by atoms with van der Waals surface area (Å²) in [6.45, 7) is 10.3. The van der Waals surface area contributed by atoms with Crippen molar-refractivity contribution >= 4 is 11.0 Å². The summed E-state index contributed by atoms with van der Waals surface area (Å²) in [5, 5.41) is 3.82. The summed E-state index contributed by atoms with van der Waals surface area (Å²) in [7, 11) is 0. The molecule has 0 radical (unpaired) electrons. The first kappa shape index (κ1) is 18.2. The molecule has 0 atom stereocenters. The third kappa shape index (κ3) is 3.93. The number of imidazole rings is 1. The molecule has 142 valence electrons. The van der Waals surface area contributed by atoms with Gasteiger partial charge in [0.25, 0.3) is 0 Å². The molecule has 0 saturated heterocycles. The highest BCUT2D eigenvalue weighted by Gasteiger charge is 2.26. The van der Waals surface area contributed by atoms with Gasteiger partial charge in [0, 0.05) is 12.6 Å². The average molecular weight is 362 g/mol. The third-order valence-electron chi connectivity index (χ3n) is 6.36. The van der Waals surface area contributed by atoms with E-state index in [4.69, 9.17) is 0 Å². The molecule has 0 bridgehead atoms. The van der Waals surface area contributed by atoms with Gasteiger partial charge >= 0.3 is 0 Å². The molecular weight excluding hydrogens is 330 g/mol. The number of nitrogens with one attached hydrogen (secondary N) is 2. The van der Waals surface area contributed by atoms with E-state index in [9.17, 15) is 0 Å². The molecule has 27 heavy (non-hydrogen) atoms. The SMILES string of the molecule is Cc1cc(-c2ccc3nc[nH]c3c2)cc(C)c1CNC1CCC(C)(C)CC1. The van der Waals surface area contributed by atoms with Gasteiger partial charge in [0.05, 0.1) is 17.4 Å². The van der Waals surface area contributed by atoms with Crippen molar-refractivity contribution in [3.63, 3.8) is 0 Å². The van der Waals surface area contributed by atoms with Crippen LogP contribution in [0, 0.1) is 19.3 Å². The number of aromatic nitrogens is 2. The largest absolute Gasteiger partial charge is 0.345 e. The summed E-state index contributed by atoms with van der Waals surface area (Å²) in [5.74, 6) is 0. The Kier molecular flexibility index (Phi) is 4.81. The second-order valence-corrected chi connectivity index (χ2v) is 9.04. The lowest BCUT2D eigenvalue weighted by atomic mass is 9.75. The van der Waals surface area contributed by atoms with E-state index in [1.807, 2.05) is 0 Å². The van der Waals surface area contributed by atoms with Crippen LogP contribution in [0.15, 0.2) is 36.7 Å². The van der Waals surface area contributed by atoms with Crippen molar-refractivity contribution in [1.29, 1.82) is 0 Å². The smallest absolute Gasteiger partial charge is 0.0931 e. The van der Waals surface area contributed by atoms with Crippen LogP contribution in [-0.4, -0.2) is 16.0 Å². The van der Waals surface area contributed by atoms with Gasteiger partial charge in [0.2, 0.25) is 0 Å². The third-order valence-corrected chi connectivity index (χ3v) is 6.36. The van der Waals surface area contributed by atoms with E-state index in [2.05, 4.69) is 73.3 Å². The molecule has 1 aromatic heterocycles. The lowest BCUT2D eigenvalue weighted by Gasteiger charge is -2.35. The molecule has 0 unspecified atom stereocenters. The fourth-order valence-corrected chi connectivity index (χ4v) is 4.40. The molecule has 4 rings (SSSR count). The average Bonchev–Trinajstić information content (AvgIpc) is 3.09. The molecule has 1 aliphatic carbocycles. The second kappa shape index (κ2) is 7.12. The highest BCUT2D eigenvalue weighted by atomic mass is 14.9. The number of aryl methyl sites for hydroxylation is 2. The van der Waals surface area contributed by atoms with E-state index in [-0.39, 0.29) is 0 Å². The predicted octanol–water partition coefficient (Wildman–Crippen LogP) is 5.91. The lowest BCUT2D eigenvalue weighted by molar-refractivity contribution is 0.206. The molecule has 0 spiro atoms. The Bertz CT molecular complexity index is 918. The molecule has 0 aliphatic heterocycles. The van der Waals surface area contributed by atoms with Crippen LogP contribution < -0.4 is 5.32 Å². The molecule has 1 fully saturated rings. The molecule has 3 heteroatoms. The Hall–Kier alpha value is -2.13. The van der Waals surface area contributed by atoms with Gasteiger partial charge in [-0.1, -0.05) is 32.0 Å². The molecule has 1 saturated carbocycles. The minimum atomic E-state index is 0.529. The Morgan fingerprint density at radius 2 is 1.74 bits per heavy atom. The fourth-order valence-electron chi connectivity index (χ4n) is 4.40. The molecule has 3 aromatic rings. The molecular formula is C24H31N3. The van der Waals surface area contributed by atoms with Crippen LogP contribution in [0.4, 0.5) is 0 Å². The molecule has 2 aromatic carbocycles. The van der Waals surface area contributed by atoms with Crippen molar-refractivity contribution in [2.75, 3.05) is 0 Å². The molecule has 0 amide bonds. The van der Waals surface area contributed by atoms with Crippen LogP contribution >= 0.6 is 0 Å². The van der Waals surface area contributed by atoms with E-state index in [1.165, 1.54) is 53.5 Å². The Morgan fingerprint density at radius 3 is 2.44 bits per heavy atom. The zero-order valence-corrected chi connectivity index (χ0v) is 17.0. The van der Waals surface area contributed by atoms with E-state index in [1.54, 1.807) is 6.33 Å². The van der Waals surface area contributed by atoms with Crippen molar-refractivity contribution in [2.45, 2.75) is 66.0 Å². The van der Waals surface area contributed by atoms with Crippen LogP contribution in [0.3, 0.4) is 0 Å². The number of fused-ring (bicyclic) bond motifs is 1. The van der Waals surface area contributed by atoms with Gasteiger partial charge in [-0.15, -0.1) is 0 Å². The van der Waals surface area contributed by atoms with Crippen LogP contribution in [0.2, 0.25) is 0 Å². The van der Waals surface area contributed by atoms with Crippen LogP contribution in [-0.2, 0) is 6.54 Å². The number of H-pyrrole nitrogens is 1. The first-order chi connectivity index (χ1) is 12.9. The first-order valence-electron chi connectivity index (χ1n) is 10.2. The second-order valence-electron chi connectivity index (χ2n) is 9.04. The lowest BCUT2D eigenvalue weighted by Crippen LogP contribution is -2.35. The highest BCUT2D eigenvalue weighted by Crippen LogP contribution is 2.35. The Balaban J connectivity index is 1.50. The first-order valence-corrected chi connectivity index (χ1v) is 10.2. The normalized spacial score (nSPS) is 17.5. The topological polar surface area (TPSA) is 40.7 Å². The van der Waals surface area contributed by atoms with Gasteiger partial charge in [-0.2, -0.15) is 0 Å². The standard InChI is InChI=1S/C24H31N3/c1-16-11-19(18-5-6-22-23(13-18)27-15-26-22)12-17(2)21(16)14-25-20-7-9-24(3,4)10-8-20/h5-6,11-13,15,20,25H,7-10,14H2,1-4H3,(H,26,27). The molecule has 1 heterocycles. The monoisotopic (exact) mass is 361 g/mol. The van der Waals surface area contributed by atoms with E-state index in [0.717, 1.165) is 17.6 Å². The van der Waals surface area contributed by atoms with Crippen molar-refractivity contribution in [3.8, 4) is 11.1 Å². The minimum absolute atomic E-state index is 0.529. The van der Waals surface area contributed by atoms with Gasteiger partial charge in [0.1, 0.15) is 0 Å². The van der Waals surface area contributed by atoms with Gasteiger partial charge in [-0.05, 0) is 84.9 Å². The van der Waals surface area contributed by atoms with E-state index in [0.29, 0.717) is 11.5 Å². The van der Waals surface area contributed by atoms with Crippen LogP contribution in [0.25, 0.3) is 22.2 Å². The summed E-state index contributed by atoms with van der Waals surface area (Å²) in [6.07, 6.45) is 7.02. The number of rotatable bonds is 4. The maximum absolute atomic E-state index is 4.32. The number of nitrogens with zero attached hydrogens (tertiary/aromatic N) is 1. The minimum Gasteiger partial charge on any atom is -0.345 e. The van der Waals surface area contributed by atoms with E-state index >= 15 is 0 Å². The fraction of sp³-hybridized carbons (Fsp3) is 0.458. The number of aromatic amines is 1. The van der Waals surface area contributed by atoms with Crippen LogP contribution in [0.5, 0.6) is 0 Å². The maximum Gasteiger partial charge on any atom is 0.0931 e. The quantitative estimate of drug-likeness (QED) is 0.607. The summed E-state index contributed by atoms with van der Waals surface area (Å²) in [4.78, 5) is 7.53. The number of hydrogen-bond acceptors (Lipinski definition) is 2. The molecule has 1 aliphatic rings. The predicted molar refractivity (Wildman–Crippen MR) is 114 cm³/mol. The van der Waals surface area contributed by atoms with Crippen molar-refractivity contribution in [3.05, 3.63) is 53.3 Å². The maximum atomic E-state index is 4.32. The summed E-state index contributed by atoms with van der Waals surface area (Å²) >= 11 is 0. The summed E-state index contributed by atoms with van der Waals surface area (Å²) < 4.78 is 0. The highest BCUT2D eigenvalue weighted by molar-refractivity contribution is 5.81. The van der Waals surface area contributed by atoms with Crippen molar-refractivity contribution in [2.24, 2.45) is 5.41 Å². The Morgan fingerprint density at radius 1 is 1.04 bits per heavy atom. The van der Waals surface area contributed by atoms with Gasteiger partial charge in [-0.25, -0.2) is 4.98 Å². The van der Waals surface area contributed by atoms with Gasteiger partial charge in [-0.3, -0.25) is 0 Å².